The fraction of sp³-hybridized carbons (Fsp3) is 0.400. The summed E-state index contributed by atoms with van der Waals surface area (Å²) >= 11 is 5.85. The zero-order valence-electron chi connectivity index (χ0n) is 14.9. The summed E-state index contributed by atoms with van der Waals surface area (Å²) in [5, 5.41) is 2.97. The summed E-state index contributed by atoms with van der Waals surface area (Å²) in [6, 6.07) is 6.46. The Hall–Kier alpha value is -2.14. The minimum Gasteiger partial charge on any atom is -0.481 e. The highest BCUT2D eigenvalue weighted by Crippen LogP contribution is 2.40. The van der Waals surface area contributed by atoms with Crippen molar-refractivity contribution in [2.45, 2.75) is 44.6 Å². The van der Waals surface area contributed by atoms with E-state index in [1.54, 1.807) is 13.2 Å². The lowest BCUT2D eigenvalue weighted by Gasteiger charge is -2.17. The number of halogens is 2. The lowest BCUT2D eigenvalue weighted by Crippen LogP contribution is -2.29. The highest BCUT2D eigenvalue weighted by molar-refractivity contribution is 6.30. The number of benzene rings is 1. The molecule has 6 heteroatoms. The van der Waals surface area contributed by atoms with Crippen LogP contribution in [0.25, 0.3) is 0 Å². The van der Waals surface area contributed by atoms with Gasteiger partial charge >= 0.3 is 0 Å². The van der Waals surface area contributed by atoms with Crippen LogP contribution in [0, 0.1) is 5.82 Å². The van der Waals surface area contributed by atoms with E-state index in [1.165, 1.54) is 30.5 Å². The molecule has 1 unspecified atom stereocenters. The molecule has 4 nitrogen and oxygen atoms in total. The Balaban J connectivity index is 1.72. The second-order valence-corrected chi connectivity index (χ2v) is 6.97. The summed E-state index contributed by atoms with van der Waals surface area (Å²) in [5.74, 6) is 0.0891. The van der Waals surface area contributed by atoms with Crippen LogP contribution < -0.4 is 10.1 Å². The Bertz CT molecular complexity index is 808. The Morgan fingerprint density at radius 1 is 1.42 bits per heavy atom. The Morgan fingerprint density at radius 3 is 2.81 bits per heavy atom. The van der Waals surface area contributed by atoms with E-state index < -0.39 is 11.7 Å². The van der Waals surface area contributed by atoms with E-state index in [9.17, 15) is 9.18 Å². The number of hydrogen-bond donors (Lipinski definition) is 1. The second-order valence-electron chi connectivity index (χ2n) is 6.56. The van der Waals surface area contributed by atoms with Crippen molar-refractivity contribution in [3.63, 3.8) is 0 Å². The van der Waals surface area contributed by atoms with Crippen molar-refractivity contribution in [2.24, 2.45) is 0 Å². The maximum atomic E-state index is 13.4. The van der Waals surface area contributed by atoms with Gasteiger partial charge in [-0.1, -0.05) is 24.6 Å². The Kier molecular flexibility index (Phi) is 5.77. The Morgan fingerprint density at radius 2 is 2.19 bits per heavy atom. The van der Waals surface area contributed by atoms with E-state index in [0.29, 0.717) is 30.3 Å². The number of carbonyl (C=O) groups is 1. The van der Waals surface area contributed by atoms with Crippen LogP contribution in [0.3, 0.4) is 0 Å². The Labute approximate surface area is 157 Å². The maximum Gasteiger partial charge on any atom is 0.227 e. The minimum absolute atomic E-state index is 0.0248. The summed E-state index contributed by atoms with van der Waals surface area (Å²) in [4.78, 5) is 17.0. The molecule has 1 aromatic heterocycles. The van der Waals surface area contributed by atoms with Gasteiger partial charge in [-0.15, -0.1) is 0 Å². The predicted molar refractivity (Wildman–Crippen MR) is 99.1 cm³/mol. The van der Waals surface area contributed by atoms with Crippen LogP contribution in [0.2, 0.25) is 5.02 Å². The van der Waals surface area contributed by atoms with Crippen molar-refractivity contribution in [1.82, 2.24) is 10.3 Å². The first kappa shape index (κ1) is 18.6. The van der Waals surface area contributed by atoms with Gasteiger partial charge in [-0.3, -0.25) is 4.79 Å². The van der Waals surface area contributed by atoms with Crippen molar-refractivity contribution in [2.75, 3.05) is 7.11 Å². The monoisotopic (exact) mass is 376 g/mol. The van der Waals surface area contributed by atoms with Crippen molar-refractivity contribution in [1.29, 1.82) is 0 Å². The average Bonchev–Trinajstić information content (AvgIpc) is 3.48. The number of aromatic nitrogens is 1. The van der Waals surface area contributed by atoms with E-state index >= 15 is 0 Å². The van der Waals surface area contributed by atoms with Gasteiger partial charge in [0.2, 0.25) is 11.8 Å². The van der Waals surface area contributed by atoms with Gasteiger partial charge in [0.1, 0.15) is 5.82 Å². The van der Waals surface area contributed by atoms with E-state index in [-0.39, 0.29) is 10.9 Å². The third kappa shape index (κ3) is 4.15. The first-order chi connectivity index (χ1) is 12.5. The molecule has 1 fully saturated rings. The fourth-order valence-corrected chi connectivity index (χ4v) is 3.26. The molecule has 2 aromatic rings. The van der Waals surface area contributed by atoms with Crippen molar-refractivity contribution < 1.29 is 13.9 Å². The number of methoxy groups -OCH3 is 1. The number of amides is 1. The first-order valence-corrected chi connectivity index (χ1v) is 9.16. The molecule has 0 aliphatic heterocycles. The molecular formula is C20H22ClFN2O2. The highest BCUT2D eigenvalue weighted by atomic mass is 35.5. The molecule has 0 saturated heterocycles. The molecule has 0 bridgehead atoms. The lowest BCUT2D eigenvalue weighted by atomic mass is 9.95. The van der Waals surface area contributed by atoms with E-state index in [2.05, 4.69) is 16.4 Å². The molecule has 0 radical (unpaired) electrons. The number of ether oxygens (including phenoxy) is 1. The molecule has 1 saturated carbocycles. The third-order valence-electron chi connectivity index (χ3n) is 4.71. The average molecular weight is 377 g/mol. The summed E-state index contributed by atoms with van der Waals surface area (Å²) in [7, 11) is 1.57. The summed E-state index contributed by atoms with van der Waals surface area (Å²) in [5.41, 5.74) is 2.75. The molecule has 1 aromatic carbocycles. The van der Waals surface area contributed by atoms with Crippen molar-refractivity contribution >= 4 is 17.5 Å². The SMILES string of the molecule is CCC(C(=O)NCc1cc(C2CC2)cnc1OC)c1ccc(F)c(Cl)c1. The largest absolute Gasteiger partial charge is 0.481 e. The molecule has 1 aliphatic rings. The smallest absolute Gasteiger partial charge is 0.227 e. The van der Waals surface area contributed by atoms with E-state index in [1.807, 2.05) is 13.1 Å². The number of nitrogens with zero attached hydrogens (tertiary/aromatic N) is 1. The van der Waals surface area contributed by atoms with Gasteiger partial charge < -0.3 is 10.1 Å². The summed E-state index contributed by atoms with van der Waals surface area (Å²) in [6.45, 7) is 2.25. The van der Waals surface area contributed by atoms with Gasteiger partial charge in [0.05, 0.1) is 18.1 Å². The molecule has 1 heterocycles. The fourth-order valence-electron chi connectivity index (χ4n) is 3.07. The molecular weight excluding hydrogens is 355 g/mol. The van der Waals surface area contributed by atoms with Crippen LogP contribution in [0.5, 0.6) is 5.88 Å². The highest BCUT2D eigenvalue weighted by Gasteiger charge is 2.25. The number of pyridine rings is 1. The van der Waals surface area contributed by atoms with Crippen molar-refractivity contribution in [3.8, 4) is 5.88 Å². The molecule has 1 N–H and O–H groups in total. The maximum absolute atomic E-state index is 13.4. The molecule has 1 amide bonds. The van der Waals surface area contributed by atoms with Crippen LogP contribution in [-0.2, 0) is 11.3 Å². The van der Waals surface area contributed by atoms with Crippen LogP contribution in [0.1, 0.15) is 54.7 Å². The molecule has 0 spiro atoms. The first-order valence-electron chi connectivity index (χ1n) is 8.79. The standard InChI is InChI=1S/C20H22ClFN2O2/c1-3-16(13-6-7-18(22)17(21)9-13)19(25)23-11-15-8-14(12-4-5-12)10-24-20(15)26-2/h6-10,12,16H,3-5,11H2,1-2H3,(H,23,25). The number of rotatable bonds is 7. The molecule has 1 atom stereocenters. The zero-order chi connectivity index (χ0) is 18.7. The number of hydrogen-bond acceptors (Lipinski definition) is 3. The quantitative estimate of drug-likeness (QED) is 0.770. The molecule has 26 heavy (non-hydrogen) atoms. The number of carbonyl (C=O) groups excluding carboxylic acids is 1. The van der Waals surface area contributed by atoms with Gasteiger partial charge in [-0.25, -0.2) is 9.37 Å². The van der Waals surface area contributed by atoms with Crippen molar-refractivity contribution in [3.05, 3.63) is 58.0 Å². The van der Waals surface area contributed by atoms with E-state index in [0.717, 1.165) is 5.56 Å². The zero-order valence-corrected chi connectivity index (χ0v) is 15.6. The van der Waals surface area contributed by atoms with Gasteiger partial charge in [0, 0.05) is 18.3 Å². The van der Waals surface area contributed by atoms with Gasteiger partial charge in [-0.05, 0) is 54.5 Å². The normalized spacial score (nSPS) is 14.8. The molecule has 138 valence electrons. The van der Waals surface area contributed by atoms with E-state index in [4.69, 9.17) is 16.3 Å². The third-order valence-corrected chi connectivity index (χ3v) is 5.00. The lowest BCUT2D eigenvalue weighted by molar-refractivity contribution is -0.122. The number of nitrogens with one attached hydrogen (secondary N) is 1. The van der Waals surface area contributed by atoms with Crippen LogP contribution in [-0.4, -0.2) is 18.0 Å². The minimum atomic E-state index is -0.488. The summed E-state index contributed by atoms with van der Waals surface area (Å²) < 4.78 is 18.7. The van der Waals surface area contributed by atoms with Gasteiger partial charge in [0.25, 0.3) is 0 Å². The van der Waals surface area contributed by atoms with Gasteiger partial charge in [0.15, 0.2) is 0 Å². The molecule has 1 aliphatic carbocycles. The van der Waals surface area contributed by atoms with Crippen LogP contribution in [0.15, 0.2) is 30.5 Å². The summed E-state index contributed by atoms with van der Waals surface area (Å²) in [6.07, 6.45) is 4.80. The van der Waals surface area contributed by atoms with Crippen LogP contribution in [0.4, 0.5) is 4.39 Å². The topological polar surface area (TPSA) is 51.2 Å². The van der Waals surface area contributed by atoms with Gasteiger partial charge in [-0.2, -0.15) is 0 Å². The predicted octanol–water partition coefficient (Wildman–Crippen LogP) is 4.57. The second kappa shape index (κ2) is 8.04. The van der Waals surface area contributed by atoms with Crippen LogP contribution >= 0.6 is 11.6 Å². The molecule has 3 rings (SSSR count).